The molecule has 0 aromatic heterocycles. The van der Waals surface area contributed by atoms with E-state index in [0.29, 0.717) is 5.56 Å². The number of nitrogens with zero attached hydrogens (tertiary/aromatic N) is 1. The van der Waals surface area contributed by atoms with Gasteiger partial charge in [0.15, 0.2) is 6.10 Å². The van der Waals surface area contributed by atoms with Crippen LogP contribution < -0.4 is 0 Å². The number of rotatable bonds is 1. The van der Waals surface area contributed by atoms with Crippen molar-refractivity contribution in [2.45, 2.75) is 6.10 Å². The third kappa shape index (κ3) is 1.54. The molecule has 0 spiro atoms. The summed E-state index contributed by atoms with van der Waals surface area (Å²) in [5.41, 5.74) is 0.700. The van der Waals surface area contributed by atoms with E-state index in [1.165, 1.54) is 0 Å². The van der Waals surface area contributed by atoms with Gasteiger partial charge in [0.25, 0.3) is 0 Å². The molecule has 0 heterocycles. The second-order valence-corrected chi connectivity index (χ2v) is 4.26. The molecule has 3 aromatic carbocycles. The zero-order valence-corrected chi connectivity index (χ0v) is 9.67. The van der Waals surface area contributed by atoms with Gasteiger partial charge in [-0.2, -0.15) is 5.26 Å². The van der Waals surface area contributed by atoms with Crippen LogP contribution in [-0.2, 0) is 0 Å². The number of aliphatic hydroxyl groups excluding tert-OH is 1. The Morgan fingerprint density at radius 1 is 0.889 bits per heavy atom. The number of hydrogen-bond donors (Lipinski definition) is 1. The van der Waals surface area contributed by atoms with E-state index in [-0.39, 0.29) is 0 Å². The first-order valence-electron chi connectivity index (χ1n) is 5.79. The summed E-state index contributed by atoms with van der Waals surface area (Å²) in [5, 5.41) is 22.9. The molecule has 3 rings (SSSR count). The standard InChI is InChI=1S/C16H11NO/c17-10-15(18)16-13-7-3-1-5-11(13)9-12-6-2-4-8-14(12)16/h1-9,15,18H/t15-/m1/s1. The minimum atomic E-state index is -1.10. The lowest BCUT2D eigenvalue weighted by Crippen LogP contribution is -1.96. The Morgan fingerprint density at radius 3 is 1.89 bits per heavy atom. The lowest BCUT2D eigenvalue weighted by Gasteiger charge is -2.12. The van der Waals surface area contributed by atoms with Crippen LogP contribution in [0.15, 0.2) is 54.6 Å². The van der Waals surface area contributed by atoms with E-state index >= 15 is 0 Å². The summed E-state index contributed by atoms with van der Waals surface area (Å²) >= 11 is 0. The molecular formula is C16H11NO. The van der Waals surface area contributed by atoms with Gasteiger partial charge in [0.1, 0.15) is 0 Å². The first-order valence-corrected chi connectivity index (χ1v) is 5.79. The molecule has 0 aliphatic rings. The molecule has 0 bridgehead atoms. The van der Waals surface area contributed by atoms with Gasteiger partial charge in [0.05, 0.1) is 6.07 Å². The molecule has 0 saturated heterocycles. The monoisotopic (exact) mass is 233 g/mol. The van der Waals surface area contributed by atoms with Gasteiger partial charge < -0.3 is 5.11 Å². The third-order valence-electron chi connectivity index (χ3n) is 3.21. The topological polar surface area (TPSA) is 44.0 Å². The predicted molar refractivity (Wildman–Crippen MR) is 72.0 cm³/mol. The van der Waals surface area contributed by atoms with Gasteiger partial charge in [-0.15, -0.1) is 0 Å². The van der Waals surface area contributed by atoms with Gasteiger partial charge in [0, 0.05) is 5.56 Å². The smallest absolute Gasteiger partial charge is 0.167 e. The van der Waals surface area contributed by atoms with E-state index in [9.17, 15) is 5.11 Å². The number of aliphatic hydroxyl groups is 1. The summed E-state index contributed by atoms with van der Waals surface area (Å²) in [5.74, 6) is 0. The van der Waals surface area contributed by atoms with Crippen LogP contribution in [0.1, 0.15) is 11.7 Å². The van der Waals surface area contributed by atoms with Gasteiger partial charge in [-0.05, 0) is 27.6 Å². The van der Waals surface area contributed by atoms with Crippen molar-refractivity contribution in [1.82, 2.24) is 0 Å². The molecular weight excluding hydrogens is 222 g/mol. The Balaban J connectivity index is 2.54. The SMILES string of the molecule is N#C[C@@H](O)c1c2ccccc2cc2ccccc12. The molecule has 0 amide bonds. The molecule has 2 nitrogen and oxygen atoms in total. The number of hydrogen-bond acceptors (Lipinski definition) is 2. The number of benzene rings is 3. The molecule has 0 aliphatic heterocycles. The fourth-order valence-corrected chi connectivity index (χ4v) is 2.41. The van der Waals surface area contributed by atoms with Crippen molar-refractivity contribution in [2.24, 2.45) is 0 Å². The highest BCUT2D eigenvalue weighted by atomic mass is 16.3. The highest BCUT2D eigenvalue weighted by molar-refractivity contribution is 6.02. The summed E-state index contributed by atoms with van der Waals surface area (Å²) < 4.78 is 0. The van der Waals surface area contributed by atoms with Crippen molar-refractivity contribution in [3.8, 4) is 6.07 Å². The molecule has 0 unspecified atom stereocenters. The normalized spacial score (nSPS) is 12.4. The molecule has 2 heteroatoms. The number of fused-ring (bicyclic) bond motifs is 2. The van der Waals surface area contributed by atoms with Crippen LogP contribution in [0.4, 0.5) is 0 Å². The van der Waals surface area contributed by atoms with Crippen molar-refractivity contribution in [3.63, 3.8) is 0 Å². The third-order valence-corrected chi connectivity index (χ3v) is 3.21. The molecule has 0 fully saturated rings. The van der Waals surface area contributed by atoms with Crippen molar-refractivity contribution < 1.29 is 5.11 Å². The molecule has 3 aromatic rings. The largest absolute Gasteiger partial charge is 0.374 e. The van der Waals surface area contributed by atoms with E-state index in [1.807, 2.05) is 54.6 Å². The summed E-state index contributed by atoms with van der Waals surface area (Å²) in [4.78, 5) is 0. The van der Waals surface area contributed by atoms with Crippen LogP contribution in [0.2, 0.25) is 0 Å². The molecule has 0 aliphatic carbocycles. The Labute approximate surface area is 105 Å². The minimum Gasteiger partial charge on any atom is -0.374 e. The highest BCUT2D eigenvalue weighted by Crippen LogP contribution is 2.32. The van der Waals surface area contributed by atoms with Crippen molar-refractivity contribution in [1.29, 1.82) is 5.26 Å². The van der Waals surface area contributed by atoms with Crippen molar-refractivity contribution >= 4 is 21.5 Å². The maximum absolute atomic E-state index is 9.96. The van der Waals surface area contributed by atoms with Crippen LogP contribution in [-0.4, -0.2) is 5.11 Å². The van der Waals surface area contributed by atoms with Crippen molar-refractivity contribution in [3.05, 3.63) is 60.2 Å². The summed E-state index contributed by atoms with van der Waals surface area (Å²) in [6.45, 7) is 0. The van der Waals surface area contributed by atoms with Crippen LogP contribution in [0.3, 0.4) is 0 Å². The zero-order chi connectivity index (χ0) is 12.5. The van der Waals surface area contributed by atoms with Gasteiger partial charge >= 0.3 is 0 Å². The quantitative estimate of drug-likeness (QED) is 0.516. The fraction of sp³-hybridized carbons (Fsp3) is 0.0625. The number of nitriles is 1. The maximum atomic E-state index is 9.96. The van der Waals surface area contributed by atoms with Gasteiger partial charge in [-0.25, -0.2) is 0 Å². The average molecular weight is 233 g/mol. The molecule has 1 atom stereocenters. The molecule has 1 N–H and O–H groups in total. The summed E-state index contributed by atoms with van der Waals surface area (Å²) in [6, 6.07) is 19.6. The first kappa shape index (κ1) is 10.8. The van der Waals surface area contributed by atoms with E-state index in [4.69, 9.17) is 5.26 Å². The Kier molecular flexibility index (Phi) is 2.47. The first-order chi connectivity index (χ1) is 8.81. The molecule has 18 heavy (non-hydrogen) atoms. The van der Waals surface area contributed by atoms with Crippen molar-refractivity contribution in [2.75, 3.05) is 0 Å². The van der Waals surface area contributed by atoms with E-state index < -0.39 is 6.10 Å². The summed E-state index contributed by atoms with van der Waals surface area (Å²) in [7, 11) is 0. The van der Waals surface area contributed by atoms with Gasteiger partial charge in [0.2, 0.25) is 0 Å². The Morgan fingerprint density at radius 2 is 1.39 bits per heavy atom. The van der Waals surface area contributed by atoms with Crippen LogP contribution >= 0.6 is 0 Å². The zero-order valence-electron chi connectivity index (χ0n) is 9.67. The average Bonchev–Trinajstić information content (AvgIpc) is 2.44. The minimum absolute atomic E-state index is 0.700. The molecule has 0 radical (unpaired) electrons. The Bertz CT molecular complexity index is 717. The second kappa shape index (κ2) is 4.14. The summed E-state index contributed by atoms with van der Waals surface area (Å²) in [6.07, 6.45) is -1.10. The Hall–Kier alpha value is -2.37. The molecule has 86 valence electrons. The predicted octanol–water partition coefficient (Wildman–Crippen LogP) is 3.55. The van der Waals surface area contributed by atoms with Crippen LogP contribution in [0.25, 0.3) is 21.5 Å². The maximum Gasteiger partial charge on any atom is 0.167 e. The lowest BCUT2D eigenvalue weighted by molar-refractivity contribution is 0.239. The van der Waals surface area contributed by atoms with Gasteiger partial charge in [-0.1, -0.05) is 48.5 Å². The molecule has 0 saturated carbocycles. The van der Waals surface area contributed by atoms with Gasteiger partial charge in [-0.3, -0.25) is 0 Å². The van der Waals surface area contributed by atoms with E-state index in [1.54, 1.807) is 0 Å². The highest BCUT2D eigenvalue weighted by Gasteiger charge is 2.14. The van der Waals surface area contributed by atoms with E-state index in [0.717, 1.165) is 21.5 Å². The lowest BCUT2D eigenvalue weighted by atomic mass is 9.94. The van der Waals surface area contributed by atoms with E-state index in [2.05, 4.69) is 6.07 Å². The second-order valence-electron chi connectivity index (χ2n) is 4.26. The van der Waals surface area contributed by atoms with Crippen LogP contribution in [0, 0.1) is 11.3 Å². The van der Waals surface area contributed by atoms with Crippen LogP contribution in [0.5, 0.6) is 0 Å². The fourth-order valence-electron chi connectivity index (χ4n) is 2.41.